The van der Waals surface area contributed by atoms with Gasteiger partial charge in [-0.1, -0.05) is 121 Å². The Kier molecular flexibility index (Phi) is 15.1. The Morgan fingerprint density at radius 1 is 0.833 bits per heavy atom. The number of hydrogen-bond donors (Lipinski definition) is 2. The van der Waals surface area contributed by atoms with Crippen LogP contribution in [0.25, 0.3) is 0 Å². The number of unbranched alkanes of at least 4 members (excludes halogenated alkanes) is 1. The van der Waals surface area contributed by atoms with Gasteiger partial charge in [-0.15, -0.1) is 0 Å². The molecule has 54 heavy (non-hydrogen) atoms. The van der Waals surface area contributed by atoms with Crippen molar-refractivity contribution in [2.75, 3.05) is 32.2 Å². The lowest BCUT2D eigenvalue weighted by molar-refractivity contribution is -0.150. The van der Waals surface area contributed by atoms with Gasteiger partial charge in [-0.25, -0.2) is 9.59 Å². The highest BCUT2D eigenvalue weighted by Crippen LogP contribution is 2.46. The van der Waals surface area contributed by atoms with E-state index in [1.54, 1.807) is 16.7 Å². The van der Waals surface area contributed by atoms with Gasteiger partial charge in [-0.3, -0.25) is 9.59 Å². The largest absolute Gasteiger partial charge is 0.467 e. The normalized spacial score (nSPS) is 17.1. The number of benzene rings is 4. The Bertz CT molecular complexity index is 1740. The van der Waals surface area contributed by atoms with Crippen LogP contribution in [0.15, 0.2) is 121 Å². The van der Waals surface area contributed by atoms with Crippen LogP contribution in [0.2, 0.25) is 0 Å². The molecule has 0 saturated carbocycles. The molecule has 1 saturated heterocycles. The van der Waals surface area contributed by atoms with Gasteiger partial charge in [-0.2, -0.15) is 11.8 Å². The molecule has 5 rings (SSSR count). The Morgan fingerprint density at radius 3 is 2.02 bits per heavy atom. The van der Waals surface area contributed by atoms with Crippen molar-refractivity contribution in [2.45, 2.75) is 68.5 Å². The maximum absolute atomic E-state index is 15.0. The van der Waals surface area contributed by atoms with Crippen molar-refractivity contribution in [3.8, 4) is 0 Å². The predicted octanol–water partition coefficient (Wildman–Crippen LogP) is 7.47. The maximum atomic E-state index is 15.0. The fourth-order valence-corrected chi connectivity index (χ4v) is 8.03. The van der Waals surface area contributed by atoms with E-state index in [2.05, 4.69) is 10.6 Å². The van der Waals surface area contributed by atoms with Crippen molar-refractivity contribution in [3.05, 3.63) is 144 Å². The standard InChI is InChI=1S/C44H51N3O6S/c1-52-41(49)39(25-15-16-28-45-43(51)53-32-33-17-7-3-8-18-33)46-42(50)44(27-30-54-2)38(36-23-13-6-14-24-36)26-29-47(44)40(48)31-37(34-19-9-4-10-20-34)35-21-11-5-12-22-35/h3-14,17-24,37-39H,15-16,25-32H2,1-2H3,(H,45,51)(H,46,50)/t38-,39-,44+/m0/s1. The van der Waals surface area contributed by atoms with Crippen molar-refractivity contribution in [1.82, 2.24) is 15.5 Å². The Balaban J connectivity index is 1.35. The fourth-order valence-electron chi connectivity index (χ4n) is 7.52. The zero-order chi connectivity index (χ0) is 38.2. The van der Waals surface area contributed by atoms with Crippen molar-refractivity contribution in [2.24, 2.45) is 0 Å². The summed E-state index contributed by atoms with van der Waals surface area (Å²) < 4.78 is 10.5. The zero-order valence-electron chi connectivity index (χ0n) is 31.2. The van der Waals surface area contributed by atoms with E-state index in [0.717, 1.165) is 22.3 Å². The number of rotatable bonds is 18. The first-order valence-electron chi connectivity index (χ1n) is 18.6. The molecule has 0 aromatic heterocycles. The number of nitrogens with zero attached hydrogens (tertiary/aromatic N) is 1. The van der Waals surface area contributed by atoms with Gasteiger partial charge in [-0.05, 0) is 66.4 Å². The van der Waals surface area contributed by atoms with Crippen LogP contribution in [0.4, 0.5) is 4.79 Å². The molecule has 3 amide bonds. The van der Waals surface area contributed by atoms with Gasteiger partial charge in [0.15, 0.2) is 0 Å². The zero-order valence-corrected chi connectivity index (χ0v) is 32.0. The summed E-state index contributed by atoms with van der Waals surface area (Å²) in [6, 6.07) is 38.4. The van der Waals surface area contributed by atoms with E-state index in [9.17, 15) is 19.2 Å². The highest BCUT2D eigenvalue weighted by atomic mass is 32.2. The first-order valence-corrected chi connectivity index (χ1v) is 20.0. The van der Waals surface area contributed by atoms with E-state index in [-0.39, 0.29) is 36.7 Å². The second kappa shape index (κ2) is 20.4. The van der Waals surface area contributed by atoms with Crippen LogP contribution in [0.3, 0.4) is 0 Å². The number of carbonyl (C=O) groups excluding carboxylic acids is 4. The lowest BCUT2D eigenvalue weighted by Gasteiger charge is -2.42. The van der Waals surface area contributed by atoms with Gasteiger partial charge in [0.2, 0.25) is 11.8 Å². The molecular formula is C44H51N3O6S. The Hall–Kier alpha value is -5.09. The molecule has 0 bridgehead atoms. The summed E-state index contributed by atoms with van der Waals surface area (Å²) in [5.41, 5.74) is 2.69. The van der Waals surface area contributed by atoms with Crippen molar-refractivity contribution in [3.63, 3.8) is 0 Å². The van der Waals surface area contributed by atoms with Crippen LogP contribution < -0.4 is 10.6 Å². The number of carbonyl (C=O) groups is 4. The van der Waals surface area contributed by atoms with Crippen LogP contribution in [0, 0.1) is 0 Å². The average Bonchev–Trinajstić information content (AvgIpc) is 3.62. The molecule has 9 nitrogen and oxygen atoms in total. The van der Waals surface area contributed by atoms with Crippen LogP contribution in [0.1, 0.15) is 72.6 Å². The van der Waals surface area contributed by atoms with Gasteiger partial charge in [0.25, 0.3) is 0 Å². The lowest BCUT2D eigenvalue weighted by Crippen LogP contribution is -2.62. The van der Waals surface area contributed by atoms with Crippen molar-refractivity contribution < 1.29 is 28.7 Å². The van der Waals surface area contributed by atoms with Crippen LogP contribution in [-0.2, 0) is 30.5 Å². The number of esters is 1. The third kappa shape index (κ3) is 10.3. The maximum Gasteiger partial charge on any atom is 0.407 e. The average molecular weight is 750 g/mol. The second-order valence-electron chi connectivity index (χ2n) is 13.6. The third-order valence-electron chi connectivity index (χ3n) is 10.3. The number of alkyl carbamates (subject to hydrolysis) is 1. The molecule has 3 atom stereocenters. The van der Waals surface area contributed by atoms with Crippen LogP contribution in [-0.4, -0.2) is 72.6 Å². The minimum absolute atomic E-state index is 0.109. The topological polar surface area (TPSA) is 114 Å². The van der Waals surface area contributed by atoms with E-state index >= 15 is 0 Å². The van der Waals surface area contributed by atoms with Crippen molar-refractivity contribution >= 4 is 35.6 Å². The monoisotopic (exact) mass is 749 g/mol. The number of thioether (sulfide) groups is 1. The molecule has 10 heteroatoms. The van der Waals surface area contributed by atoms with Gasteiger partial charge in [0, 0.05) is 31.3 Å². The van der Waals surface area contributed by atoms with Crippen LogP contribution >= 0.6 is 11.8 Å². The molecule has 1 aliphatic rings. The summed E-state index contributed by atoms with van der Waals surface area (Å²) >= 11 is 1.62. The van der Waals surface area contributed by atoms with Crippen LogP contribution in [0.5, 0.6) is 0 Å². The second-order valence-corrected chi connectivity index (χ2v) is 14.6. The number of ether oxygens (including phenoxy) is 2. The predicted molar refractivity (Wildman–Crippen MR) is 213 cm³/mol. The molecular weight excluding hydrogens is 699 g/mol. The smallest absolute Gasteiger partial charge is 0.407 e. The minimum atomic E-state index is -1.24. The quantitative estimate of drug-likeness (QED) is 0.0802. The van der Waals surface area contributed by atoms with E-state index in [4.69, 9.17) is 9.47 Å². The Morgan fingerprint density at radius 2 is 1.43 bits per heavy atom. The highest BCUT2D eigenvalue weighted by Gasteiger charge is 2.56. The van der Waals surface area contributed by atoms with Crippen molar-refractivity contribution in [1.29, 1.82) is 0 Å². The minimum Gasteiger partial charge on any atom is -0.467 e. The summed E-state index contributed by atoms with van der Waals surface area (Å²) in [4.78, 5) is 57.0. The molecule has 284 valence electrons. The fraction of sp³-hybridized carbons (Fsp3) is 0.364. The third-order valence-corrected chi connectivity index (χ3v) is 10.9. The van der Waals surface area contributed by atoms with E-state index < -0.39 is 23.6 Å². The van der Waals surface area contributed by atoms with Gasteiger partial charge in [0.05, 0.1) is 7.11 Å². The number of methoxy groups -OCH3 is 1. The van der Waals surface area contributed by atoms with Gasteiger partial charge in [0.1, 0.15) is 18.2 Å². The molecule has 0 radical (unpaired) electrons. The first-order chi connectivity index (χ1) is 26.4. The Labute approximate surface area is 323 Å². The summed E-state index contributed by atoms with van der Waals surface area (Å²) in [5, 5.41) is 5.82. The summed E-state index contributed by atoms with van der Waals surface area (Å²) in [7, 11) is 1.31. The molecule has 4 aromatic rings. The molecule has 0 aliphatic carbocycles. The van der Waals surface area contributed by atoms with Gasteiger partial charge >= 0.3 is 12.1 Å². The number of nitrogens with one attached hydrogen (secondary N) is 2. The molecule has 0 unspecified atom stereocenters. The summed E-state index contributed by atoms with van der Waals surface area (Å²) in [5.74, 6) is -0.877. The molecule has 1 aliphatic heterocycles. The first kappa shape index (κ1) is 40.1. The SMILES string of the molecule is COC(=O)[C@H](CCCCNC(=O)OCc1ccccc1)NC(=O)[C@@]1(CCSC)[C@H](c2ccccc2)CCN1C(=O)CC(c1ccccc1)c1ccccc1. The van der Waals surface area contributed by atoms with E-state index in [0.29, 0.717) is 50.9 Å². The highest BCUT2D eigenvalue weighted by molar-refractivity contribution is 7.98. The molecule has 0 spiro atoms. The molecule has 4 aromatic carbocycles. The number of hydrogen-bond acceptors (Lipinski definition) is 7. The summed E-state index contributed by atoms with van der Waals surface area (Å²) in [6.07, 6.45) is 4.05. The molecule has 2 N–H and O–H groups in total. The van der Waals surface area contributed by atoms with E-state index in [1.165, 1.54) is 7.11 Å². The summed E-state index contributed by atoms with van der Waals surface area (Å²) in [6.45, 7) is 0.922. The van der Waals surface area contributed by atoms with Gasteiger partial charge < -0.3 is 25.0 Å². The molecule has 1 heterocycles. The molecule has 1 fully saturated rings. The van der Waals surface area contributed by atoms with E-state index in [1.807, 2.05) is 128 Å². The lowest BCUT2D eigenvalue weighted by atomic mass is 9.76. The number of likely N-dealkylation sites (tertiary alicyclic amines) is 1. The number of amides is 3.